The van der Waals surface area contributed by atoms with E-state index < -0.39 is 0 Å². The number of hydrogen-bond acceptors (Lipinski definition) is 3. The topological polar surface area (TPSA) is 49.9 Å². The van der Waals surface area contributed by atoms with Gasteiger partial charge in [0.05, 0.1) is 12.8 Å². The summed E-state index contributed by atoms with van der Waals surface area (Å²) in [6.07, 6.45) is 4.81. The van der Waals surface area contributed by atoms with Crippen LogP contribution in [-0.2, 0) is 6.42 Å². The third kappa shape index (κ3) is 2.49. The molecule has 0 radical (unpaired) electrons. The van der Waals surface area contributed by atoms with Gasteiger partial charge in [0, 0.05) is 30.3 Å². The van der Waals surface area contributed by atoms with Crippen LogP contribution in [0, 0.1) is 0 Å². The van der Waals surface area contributed by atoms with Crippen molar-refractivity contribution in [2.75, 3.05) is 6.61 Å². The highest BCUT2D eigenvalue weighted by Crippen LogP contribution is 2.28. The Morgan fingerprint density at radius 1 is 1.26 bits per heavy atom. The highest BCUT2D eigenvalue weighted by molar-refractivity contribution is 5.40. The third-order valence-electron chi connectivity index (χ3n) is 3.73. The molecule has 3 rings (SSSR count). The Kier molecular flexibility index (Phi) is 3.25. The summed E-state index contributed by atoms with van der Waals surface area (Å²) < 4.78 is 5.54. The summed E-state index contributed by atoms with van der Waals surface area (Å²) >= 11 is 0. The molecule has 0 amide bonds. The van der Waals surface area contributed by atoms with Crippen LogP contribution in [-0.4, -0.2) is 16.8 Å². The number of fused-ring (bicyclic) bond motifs is 1. The number of aromatic nitrogens is 2. The molecule has 0 fully saturated rings. The first-order valence-corrected chi connectivity index (χ1v) is 6.74. The van der Waals surface area contributed by atoms with Crippen LogP contribution in [0.25, 0.3) is 0 Å². The van der Waals surface area contributed by atoms with E-state index in [1.54, 1.807) is 0 Å². The Hall–Kier alpha value is -1.81. The van der Waals surface area contributed by atoms with Gasteiger partial charge < -0.3 is 10.1 Å². The first-order valence-electron chi connectivity index (χ1n) is 6.74. The third-order valence-corrected chi connectivity index (χ3v) is 3.73. The van der Waals surface area contributed by atoms with Crippen LogP contribution < -0.4 is 10.1 Å². The van der Waals surface area contributed by atoms with E-state index in [0.29, 0.717) is 6.04 Å². The van der Waals surface area contributed by atoms with Crippen LogP contribution in [0.4, 0.5) is 0 Å². The summed E-state index contributed by atoms with van der Waals surface area (Å²) in [6, 6.07) is 7.05. The smallest absolute Gasteiger partial charge is 0.122 e. The van der Waals surface area contributed by atoms with Gasteiger partial charge in [-0.15, -0.1) is 0 Å². The van der Waals surface area contributed by atoms with Crippen LogP contribution in [0.3, 0.4) is 0 Å². The quantitative estimate of drug-likeness (QED) is 0.885. The maximum absolute atomic E-state index is 5.54. The fourth-order valence-electron chi connectivity index (χ4n) is 2.54. The Balaban J connectivity index is 1.72. The van der Waals surface area contributed by atoms with Crippen molar-refractivity contribution in [2.45, 2.75) is 32.4 Å². The van der Waals surface area contributed by atoms with Gasteiger partial charge in [0.1, 0.15) is 5.75 Å². The normalized spacial score (nSPS) is 16.7. The molecule has 0 aliphatic carbocycles. The van der Waals surface area contributed by atoms with Crippen LogP contribution in [0.1, 0.15) is 42.6 Å². The summed E-state index contributed by atoms with van der Waals surface area (Å²) in [6.45, 7) is 5.15. The van der Waals surface area contributed by atoms with Gasteiger partial charge in [-0.3, -0.25) is 5.10 Å². The van der Waals surface area contributed by atoms with Crippen LogP contribution in [0.5, 0.6) is 5.75 Å². The number of rotatable bonds is 4. The first-order chi connectivity index (χ1) is 9.24. The summed E-state index contributed by atoms with van der Waals surface area (Å²) in [5.41, 5.74) is 3.80. The van der Waals surface area contributed by atoms with Gasteiger partial charge in [-0.1, -0.05) is 12.1 Å². The average molecular weight is 257 g/mol. The SMILES string of the molecule is CC(NC(C)c1ccc2c(c1)CCO2)c1cn[nH]c1. The predicted molar refractivity (Wildman–Crippen MR) is 74.2 cm³/mol. The molecule has 1 aliphatic rings. The highest BCUT2D eigenvalue weighted by atomic mass is 16.5. The van der Waals surface area contributed by atoms with Crippen molar-refractivity contribution in [1.82, 2.24) is 15.5 Å². The molecular weight excluding hydrogens is 238 g/mol. The average Bonchev–Trinajstić information content (AvgIpc) is 3.09. The molecule has 0 saturated carbocycles. The lowest BCUT2D eigenvalue weighted by atomic mass is 10.0. The molecule has 1 aromatic heterocycles. The van der Waals surface area contributed by atoms with Crippen molar-refractivity contribution in [3.05, 3.63) is 47.3 Å². The fraction of sp³-hybridized carbons (Fsp3) is 0.400. The lowest BCUT2D eigenvalue weighted by Crippen LogP contribution is -2.22. The standard InChI is InChI=1S/C15H19N3O/c1-10(18-11(2)14-8-16-17-9-14)12-3-4-15-13(7-12)5-6-19-15/h3-4,7-11,18H,5-6H2,1-2H3,(H,16,17). The van der Waals surface area contributed by atoms with Gasteiger partial charge in [-0.05, 0) is 31.0 Å². The zero-order valence-corrected chi connectivity index (χ0v) is 11.3. The summed E-state index contributed by atoms with van der Waals surface area (Å²) in [5, 5.41) is 10.4. The summed E-state index contributed by atoms with van der Waals surface area (Å²) in [5.74, 6) is 1.04. The van der Waals surface area contributed by atoms with Crippen molar-refractivity contribution in [3.63, 3.8) is 0 Å². The Bertz CT molecular complexity index is 551. The molecule has 4 nitrogen and oxygen atoms in total. The van der Waals surface area contributed by atoms with Crippen molar-refractivity contribution in [1.29, 1.82) is 0 Å². The van der Waals surface area contributed by atoms with Gasteiger partial charge in [-0.2, -0.15) is 5.10 Å². The number of benzene rings is 1. The van der Waals surface area contributed by atoms with Crippen molar-refractivity contribution in [3.8, 4) is 5.75 Å². The van der Waals surface area contributed by atoms with Gasteiger partial charge in [0.2, 0.25) is 0 Å². The predicted octanol–water partition coefficient (Wildman–Crippen LogP) is 2.76. The summed E-state index contributed by atoms with van der Waals surface area (Å²) in [7, 11) is 0. The number of H-pyrrole nitrogens is 1. The molecule has 1 aromatic carbocycles. The second-order valence-corrected chi connectivity index (χ2v) is 5.11. The molecule has 0 saturated heterocycles. The van der Waals surface area contributed by atoms with E-state index in [9.17, 15) is 0 Å². The molecule has 4 heteroatoms. The maximum Gasteiger partial charge on any atom is 0.122 e. The Labute approximate surface area is 113 Å². The lowest BCUT2D eigenvalue weighted by Gasteiger charge is -2.20. The first kappa shape index (κ1) is 12.2. The molecule has 19 heavy (non-hydrogen) atoms. The minimum atomic E-state index is 0.276. The number of hydrogen-bond donors (Lipinski definition) is 2. The molecule has 2 atom stereocenters. The van der Waals surface area contributed by atoms with E-state index in [4.69, 9.17) is 4.74 Å². The van der Waals surface area contributed by atoms with Gasteiger partial charge in [-0.25, -0.2) is 0 Å². The van der Waals surface area contributed by atoms with E-state index >= 15 is 0 Å². The molecule has 2 N–H and O–H groups in total. The number of ether oxygens (including phenoxy) is 1. The van der Waals surface area contributed by atoms with E-state index in [0.717, 1.165) is 18.8 Å². The van der Waals surface area contributed by atoms with Gasteiger partial charge >= 0.3 is 0 Å². The molecule has 0 bridgehead atoms. The number of aromatic amines is 1. The number of nitrogens with one attached hydrogen (secondary N) is 2. The van der Waals surface area contributed by atoms with E-state index in [1.165, 1.54) is 16.7 Å². The van der Waals surface area contributed by atoms with Crippen molar-refractivity contribution in [2.24, 2.45) is 0 Å². The Morgan fingerprint density at radius 2 is 2.11 bits per heavy atom. The van der Waals surface area contributed by atoms with E-state index in [-0.39, 0.29) is 6.04 Å². The van der Waals surface area contributed by atoms with Crippen molar-refractivity contribution < 1.29 is 4.74 Å². The van der Waals surface area contributed by atoms with Gasteiger partial charge in [0.15, 0.2) is 0 Å². The molecule has 2 aromatic rings. The zero-order valence-electron chi connectivity index (χ0n) is 11.3. The van der Waals surface area contributed by atoms with Crippen molar-refractivity contribution >= 4 is 0 Å². The maximum atomic E-state index is 5.54. The van der Waals surface area contributed by atoms with Crippen LogP contribution in [0.2, 0.25) is 0 Å². The number of nitrogens with zero attached hydrogens (tertiary/aromatic N) is 1. The molecule has 1 aliphatic heterocycles. The molecular formula is C15H19N3O. The van der Waals surface area contributed by atoms with Crippen LogP contribution in [0.15, 0.2) is 30.6 Å². The monoisotopic (exact) mass is 257 g/mol. The second-order valence-electron chi connectivity index (χ2n) is 5.11. The zero-order chi connectivity index (χ0) is 13.2. The lowest BCUT2D eigenvalue weighted by molar-refractivity contribution is 0.356. The molecule has 2 unspecified atom stereocenters. The van der Waals surface area contributed by atoms with E-state index in [2.05, 4.69) is 47.6 Å². The van der Waals surface area contributed by atoms with Crippen LogP contribution >= 0.6 is 0 Å². The minimum absolute atomic E-state index is 0.276. The van der Waals surface area contributed by atoms with E-state index in [1.807, 2.05) is 12.4 Å². The minimum Gasteiger partial charge on any atom is -0.493 e. The highest BCUT2D eigenvalue weighted by Gasteiger charge is 2.16. The Morgan fingerprint density at radius 3 is 2.89 bits per heavy atom. The second kappa shape index (κ2) is 5.05. The fourth-order valence-corrected chi connectivity index (χ4v) is 2.54. The molecule has 100 valence electrons. The molecule has 2 heterocycles. The molecule has 0 spiro atoms. The summed E-state index contributed by atoms with van der Waals surface area (Å²) in [4.78, 5) is 0. The largest absolute Gasteiger partial charge is 0.493 e. The van der Waals surface area contributed by atoms with Gasteiger partial charge in [0.25, 0.3) is 0 Å².